The lowest BCUT2D eigenvalue weighted by Crippen LogP contribution is -2.42. The van der Waals surface area contributed by atoms with Crippen molar-refractivity contribution in [1.29, 1.82) is 0 Å². The number of benzene rings is 1. The quantitative estimate of drug-likeness (QED) is 0.429. The molecule has 1 amide bonds. The van der Waals surface area contributed by atoms with Gasteiger partial charge in [-0.3, -0.25) is 14.5 Å². The predicted molar refractivity (Wildman–Crippen MR) is 114 cm³/mol. The lowest BCUT2D eigenvalue weighted by Gasteiger charge is -2.32. The van der Waals surface area contributed by atoms with Gasteiger partial charge in [0.15, 0.2) is 5.76 Å². The van der Waals surface area contributed by atoms with E-state index in [9.17, 15) is 18.0 Å². The first kappa shape index (κ1) is 20.9. The van der Waals surface area contributed by atoms with Crippen LogP contribution in [0.1, 0.15) is 34.6 Å². The van der Waals surface area contributed by atoms with Crippen LogP contribution in [-0.2, 0) is 6.18 Å². The first-order valence-corrected chi connectivity index (χ1v) is 10.2. The minimum Gasteiger partial charge on any atom is -0.354 e. The summed E-state index contributed by atoms with van der Waals surface area (Å²) in [6.45, 7) is 3.54. The highest BCUT2D eigenvalue weighted by Gasteiger charge is 2.36. The van der Waals surface area contributed by atoms with Gasteiger partial charge in [0.05, 0.1) is 23.4 Å². The number of halogens is 3. The highest BCUT2D eigenvalue weighted by molar-refractivity contribution is 6.09. The van der Waals surface area contributed by atoms with Crippen LogP contribution in [0.3, 0.4) is 0 Å². The standard InChI is InChI=1S/C23H18F3N5O2/c1-13-9-15(6-7-17(13)23(24,25)26)30-12-14(2)31-21(22(30)32)16(11-28-31)19-10-20(33-29-19)18-5-3-4-8-27-18/h3-11,14H,12H2,1-2H3/t14-/m0/s1. The van der Waals surface area contributed by atoms with Crippen LogP contribution in [0.25, 0.3) is 22.7 Å². The van der Waals surface area contributed by atoms with Gasteiger partial charge in [-0.1, -0.05) is 11.2 Å². The summed E-state index contributed by atoms with van der Waals surface area (Å²) in [5, 5.41) is 8.45. The van der Waals surface area contributed by atoms with Crippen LogP contribution in [0, 0.1) is 6.92 Å². The molecule has 3 aromatic heterocycles. The molecule has 10 heteroatoms. The molecule has 1 aliphatic rings. The first-order chi connectivity index (χ1) is 15.7. The van der Waals surface area contributed by atoms with E-state index < -0.39 is 11.7 Å². The monoisotopic (exact) mass is 453 g/mol. The van der Waals surface area contributed by atoms with Crippen molar-refractivity contribution in [3.63, 3.8) is 0 Å². The molecule has 1 atom stereocenters. The number of alkyl halides is 3. The second-order valence-corrected chi connectivity index (χ2v) is 7.90. The molecule has 5 rings (SSSR count). The van der Waals surface area contributed by atoms with Gasteiger partial charge in [0, 0.05) is 24.5 Å². The van der Waals surface area contributed by atoms with E-state index in [0.29, 0.717) is 34.1 Å². The predicted octanol–water partition coefficient (Wildman–Crippen LogP) is 5.15. The van der Waals surface area contributed by atoms with Crippen LogP contribution in [-0.4, -0.2) is 32.4 Å². The lowest BCUT2D eigenvalue weighted by molar-refractivity contribution is -0.138. The number of carbonyl (C=O) groups is 1. The second kappa shape index (κ2) is 7.58. The van der Waals surface area contributed by atoms with Crippen molar-refractivity contribution in [3.05, 3.63) is 71.7 Å². The molecule has 0 aliphatic carbocycles. The van der Waals surface area contributed by atoms with E-state index in [1.54, 1.807) is 35.3 Å². The number of nitrogens with zero attached hydrogens (tertiary/aromatic N) is 5. The average molecular weight is 453 g/mol. The summed E-state index contributed by atoms with van der Waals surface area (Å²) in [4.78, 5) is 19.2. The maximum Gasteiger partial charge on any atom is 0.416 e. The Bertz CT molecular complexity index is 1340. The molecule has 7 nitrogen and oxygen atoms in total. The summed E-state index contributed by atoms with van der Waals surface area (Å²) < 4.78 is 46.5. The van der Waals surface area contributed by atoms with Crippen LogP contribution in [0.5, 0.6) is 0 Å². The van der Waals surface area contributed by atoms with Gasteiger partial charge < -0.3 is 9.42 Å². The van der Waals surface area contributed by atoms with Gasteiger partial charge >= 0.3 is 6.18 Å². The van der Waals surface area contributed by atoms with E-state index in [1.807, 2.05) is 13.0 Å². The lowest BCUT2D eigenvalue weighted by atomic mass is 10.0. The molecular formula is C23H18F3N5O2. The fourth-order valence-electron chi connectivity index (χ4n) is 4.04. The largest absolute Gasteiger partial charge is 0.416 e. The Balaban J connectivity index is 1.53. The van der Waals surface area contributed by atoms with E-state index in [4.69, 9.17) is 4.52 Å². The molecule has 168 valence electrons. The first-order valence-electron chi connectivity index (χ1n) is 10.2. The van der Waals surface area contributed by atoms with Crippen molar-refractivity contribution in [2.24, 2.45) is 0 Å². The summed E-state index contributed by atoms with van der Waals surface area (Å²) in [7, 11) is 0. The third kappa shape index (κ3) is 3.57. The maximum absolute atomic E-state index is 13.5. The Hall–Kier alpha value is -3.95. The molecule has 0 fully saturated rings. The number of hydrogen-bond acceptors (Lipinski definition) is 5. The molecule has 0 N–H and O–H groups in total. The number of rotatable bonds is 3. The number of hydrogen-bond donors (Lipinski definition) is 0. The fourth-order valence-corrected chi connectivity index (χ4v) is 4.04. The molecule has 1 aromatic carbocycles. The Morgan fingerprint density at radius 1 is 1.12 bits per heavy atom. The number of carbonyl (C=O) groups excluding carboxylic acids is 1. The molecule has 0 unspecified atom stereocenters. The van der Waals surface area contributed by atoms with E-state index in [-0.39, 0.29) is 24.1 Å². The van der Waals surface area contributed by atoms with Crippen molar-refractivity contribution >= 4 is 11.6 Å². The number of aryl methyl sites for hydroxylation is 1. The van der Waals surface area contributed by atoms with Gasteiger partial charge in [-0.15, -0.1) is 0 Å². The number of amides is 1. The Morgan fingerprint density at radius 2 is 1.94 bits per heavy atom. The summed E-state index contributed by atoms with van der Waals surface area (Å²) in [6.07, 6.45) is -1.27. The van der Waals surface area contributed by atoms with Crippen molar-refractivity contribution in [2.75, 3.05) is 11.4 Å². The minimum absolute atomic E-state index is 0.0521. The summed E-state index contributed by atoms with van der Waals surface area (Å²) >= 11 is 0. The van der Waals surface area contributed by atoms with Crippen LogP contribution in [0.15, 0.2) is 59.4 Å². The topological polar surface area (TPSA) is 77.1 Å². The number of pyridine rings is 1. The highest BCUT2D eigenvalue weighted by Crippen LogP contribution is 2.37. The zero-order valence-electron chi connectivity index (χ0n) is 17.7. The van der Waals surface area contributed by atoms with Gasteiger partial charge in [-0.2, -0.15) is 18.3 Å². The molecule has 4 heterocycles. The highest BCUT2D eigenvalue weighted by atomic mass is 19.4. The SMILES string of the molecule is Cc1cc(N2C[C@H](C)n3ncc(-c4cc(-c5ccccn5)on4)c3C2=O)ccc1C(F)(F)F. The Morgan fingerprint density at radius 3 is 2.64 bits per heavy atom. The van der Waals surface area contributed by atoms with Gasteiger partial charge in [-0.25, -0.2) is 0 Å². The number of anilines is 1. The third-order valence-corrected chi connectivity index (χ3v) is 5.64. The van der Waals surface area contributed by atoms with Crippen LogP contribution in [0.2, 0.25) is 0 Å². The molecule has 0 spiro atoms. The Labute approximate surface area is 186 Å². The van der Waals surface area contributed by atoms with E-state index in [1.165, 1.54) is 24.0 Å². The molecule has 0 bridgehead atoms. The van der Waals surface area contributed by atoms with Crippen molar-refractivity contribution in [2.45, 2.75) is 26.1 Å². The average Bonchev–Trinajstić information content (AvgIpc) is 3.43. The molecule has 0 radical (unpaired) electrons. The number of fused-ring (bicyclic) bond motifs is 1. The number of aromatic nitrogens is 4. The molecule has 4 aromatic rings. The van der Waals surface area contributed by atoms with Gasteiger partial charge in [-0.05, 0) is 49.7 Å². The second-order valence-electron chi connectivity index (χ2n) is 7.90. The van der Waals surface area contributed by atoms with Gasteiger partial charge in [0.1, 0.15) is 17.1 Å². The normalized spacial score (nSPS) is 16.2. The van der Waals surface area contributed by atoms with Gasteiger partial charge in [0.25, 0.3) is 5.91 Å². The van der Waals surface area contributed by atoms with Crippen LogP contribution in [0.4, 0.5) is 18.9 Å². The zero-order chi connectivity index (χ0) is 23.3. The van der Waals surface area contributed by atoms with Crippen molar-refractivity contribution < 1.29 is 22.5 Å². The van der Waals surface area contributed by atoms with Crippen molar-refractivity contribution in [3.8, 4) is 22.7 Å². The maximum atomic E-state index is 13.5. The van der Waals surface area contributed by atoms with Gasteiger partial charge in [0.2, 0.25) is 0 Å². The smallest absolute Gasteiger partial charge is 0.354 e. The third-order valence-electron chi connectivity index (χ3n) is 5.64. The zero-order valence-corrected chi connectivity index (χ0v) is 17.7. The van der Waals surface area contributed by atoms with Crippen LogP contribution >= 0.6 is 0 Å². The molecular weight excluding hydrogens is 435 g/mol. The molecule has 33 heavy (non-hydrogen) atoms. The molecule has 1 aliphatic heterocycles. The summed E-state index contributed by atoms with van der Waals surface area (Å²) in [6, 6.07) is 10.6. The van der Waals surface area contributed by atoms with E-state index in [2.05, 4.69) is 15.2 Å². The fraction of sp³-hybridized carbons (Fsp3) is 0.217. The molecule has 0 saturated heterocycles. The van der Waals surface area contributed by atoms with E-state index >= 15 is 0 Å². The minimum atomic E-state index is -4.45. The summed E-state index contributed by atoms with van der Waals surface area (Å²) in [5.41, 5.74) is 1.51. The summed E-state index contributed by atoms with van der Waals surface area (Å²) in [5.74, 6) is 0.0687. The molecule has 0 saturated carbocycles. The Kier molecular flexibility index (Phi) is 4.80. The van der Waals surface area contributed by atoms with Crippen molar-refractivity contribution in [1.82, 2.24) is 19.9 Å². The van der Waals surface area contributed by atoms with E-state index in [0.717, 1.165) is 6.07 Å². The van der Waals surface area contributed by atoms with Crippen LogP contribution < -0.4 is 4.90 Å².